The van der Waals surface area contributed by atoms with E-state index in [0.29, 0.717) is 22.4 Å². The predicted molar refractivity (Wildman–Crippen MR) is 78.2 cm³/mol. The highest BCUT2D eigenvalue weighted by atomic mass is 35.5. The molecule has 102 valence electrons. The van der Waals surface area contributed by atoms with Crippen LogP contribution in [0.4, 0.5) is 0 Å². The highest BCUT2D eigenvalue weighted by Gasteiger charge is 2.11. The van der Waals surface area contributed by atoms with Crippen LogP contribution in [0, 0.1) is 4.77 Å². The van der Waals surface area contributed by atoms with Gasteiger partial charge in [0.05, 0.1) is 0 Å². The lowest BCUT2D eigenvalue weighted by Gasteiger charge is -2.13. The Bertz CT molecular complexity index is 591. The van der Waals surface area contributed by atoms with Crippen LogP contribution in [-0.2, 0) is 6.61 Å². The van der Waals surface area contributed by atoms with Crippen molar-refractivity contribution in [1.29, 1.82) is 0 Å². The molecule has 1 N–H and O–H groups in total. The Morgan fingerprint density at radius 2 is 2.11 bits per heavy atom. The van der Waals surface area contributed by atoms with Crippen molar-refractivity contribution in [1.82, 2.24) is 14.8 Å². The van der Waals surface area contributed by atoms with Crippen molar-refractivity contribution in [2.75, 3.05) is 0 Å². The molecule has 1 heterocycles. The Balaban J connectivity index is 2.11. The molecule has 2 aromatic rings. The van der Waals surface area contributed by atoms with Gasteiger partial charge < -0.3 is 4.74 Å². The van der Waals surface area contributed by atoms with Gasteiger partial charge in [-0.2, -0.15) is 5.10 Å². The normalized spacial score (nSPS) is 12.4. The summed E-state index contributed by atoms with van der Waals surface area (Å²) in [6.07, 6.45) is 0.988. The van der Waals surface area contributed by atoms with E-state index in [1.54, 1.807) is 12.1 Å². The highest BCUT2D eigenvalue weighted by molar-refractivity contribution is 7.71. The van der Waals surface area contributed by atoms with Gasteiger partial charge in [-0.1, -0.05) is 18.5 Å². The Morgan fingerprint density at radius 1 is 1.42 bits per heavy atom. The van der Waals surface area contributed by atoms with Crippen LogP contribution < -0.4 is 4.74 Å². The molecular formula is C13H16ClN3OS. The molecule has 0 aliphatic carbocycles. The van der Waals surface area contributed by atoms with E-state index in [2.05, 4.69) is 24.0 Å². The molecule has 1 unspecified atom stereocenters. The molecule has 2 rings (SSSR count). The topological polar surface area (TPSA) is 42.8 Å². The fourth-order valence-corrected chi connectivity index (χ4v) is 2.21. The maximum Gasteiger partial charge on any atom is 0.195 e. The van der Waals surface area contributed by atoms with Gasteiger partial charge >= 0.3 is 0 Å². The molecule has 0 saturated carbocycles. The Morgan fingerprint density at radius 3 is 2.74 bits per heavy atom. The van der Waals surface area contributed by atoms with E-state index in [1.807, 2.05) is 16.7 Å². The quantitative estimate of drug-likeness (QED) is 0.843. The molecule has 0 aliphatic heterocycles. The van der Waals surface area contributed by atoms with Gasteiger partial charge in [-0.3, -0.25) is 9.67 Å². The van der Waals surface area contributed by atoms with E-state index < -0.39 is 0 Å². The van der Waals surface area contributed by atoms with Gasteiger partial charge in [0, 0.05) is 11.1 Å². The third-order valence-electron chi connectivity index (χ3n) is 2.99. The number of hydrogen-bond acceptors (Lipinski definition) is 3. The number of aromatic amines is 1. The molecule has 1 aromatic carbocycles. The lowest BCUT2D eigenvalue weighted by molar-refractivity contribution is 0.284. The average molecular weight is 298 g/mol. The second-order valence-electron chi connectivity index (χ2n) is 4.31. The van der Waals surface area contributed by atoms with Crippen LogP contribution in [0.3, 0.4) is 0 Å². The summed E-state index contributed by atoms with van der Waals surface area (Å²) in [6.45, 7) is 4.60. The Labute approximate surface area is 122 Å². The van der Waals surface area contributed by atoms with Crippen molar-refractivity contribution >= 4 is 23.8 Å². The van der Waals surface area contributed by atoms with E-state index >= 15 is 0 Å². The monoisotopic (exact) mass is 297 g/mol. The summed E-state index contributed by atoms with van der Waals surface area (Å²) < 4.78 is 8.31. The largest absolute Gasteiger partial charge is 0.486 e. The van der Waals surface area contributed by atoms with Gasteiger partial charge in [0.1, 0.15) is 12.4 Å². The Hall–Kier alpha value is -1.33. The van der Waals surface area contributed by atoms with Gasteiger partial charge in [0.25, 0.3) is 0 Å². The average Bonchev–Trinajstić information content (AvgIpc) is 2.78. The van der Waals surface area contributed by atoms with Crippen LogP contribution >= 0.6 is 23.8 Å². The number of rotatable bonds is 5. The summed E-state index contributed by atoms with van der Waals surface area (Å²) in [5.74, 6) is 1.56. The fraction of sp³-hybridized carbons (Fsp3) is 0.385. The maximum absolute atomic E-state index is 5.83. The zero-order chi connectivity index (χ0) is 13.8. The zero-order valence-corrected chi connectivity index (χ0v) is 12.5. The van der Waals surface area contributed by atoms with E-state index in [1.165, 1.54) is 0 Å². The molecule has 6 heteroatoms. The molecule has 0 saturated heterocycles. The van der Waals surface area contributed by atoms with E-state index in [-0.39, 0.29) is 0 Å². The highest BCUT2D eigenvalue weighted by Crippen LogP contribution is 2.18. The third kappa shape index (κ3) is 3.36. The number of benzene rings is 1. The van der Waals surface area contributed by atoms with Crippen LogP contribution in [-0.4, -0.2) is 14.8 Å². The van der Waals surface area contributed by atoms with E-state index in [0.717, 1.165) is 18.0 Å². The minimum Gasteiger partial charge on any atom is -0.486 e. The number of aromatic nitrogens is 3. The molecule has 0 radical (unpaired) electrons. The first-order valence-electron chi connectivity index (χ1n) is 6.16. The van der Waals surface area contributed by atoms with Crippen molar-refractivity contribution in [2.45, 2.75) is 32.9 Å². The summed E-state index contributed by atoms with van der Waals surface area (Å²) in [6, 6.07) is 7.55. The standard InChI is InChI=1S/C13H16ClN3OS/c1-3-9(2)17-12(15-16-13(17)19)8-18-11-6-4-10(14)5-7-11/h4-7,9H,3,8H2,1-2H3,(H,16,19). The molecule has 1 atom stereocenters. The first kappa shape index (κ1) is 14.1. The van der Waals surface area contributed by atoms with Crippen LogP contribution in [0.2, 0.25) is 5.02 Å². The van der Waals surface area contributed by atoms with Crippen molar-refractivity contribution in [3.8, 4) is 5.75 Å². The van der Waals surface area contributed by atoms with Gasteiger partial charge in [0.15, 0.2) is 10.6 Å². The number of ether oxygens (including phenoxy) is 1. The van der Waals surface area contributed by atoms with Crippen molar-refractivity contribution in [3.05, 3.63) is 39.9 Å². The number of nitrogens with zero attached hydrogens (tertiary/aromatic N) is 2. The third-order valence-corrected chi connectivity index (χ3v) is 3.53. The van der Waals surface area contributed by atoms with Gasteiger partial charge in [-0.05, 0) is 49.8 Å². The fourth-order valence-electron chi connectivity index (χ4n) is 1.75. The number of halogens is 1. The van der Waals surface area contributed by atoms with Gasteiger partial charge in [-0.15, -0.1) is 0 Å². The van der Waals surface area contributed by atoms with E-state index in [4.69, 9.17) is 28.6 Å². The van der Waals surface area contributed by atoms with Crippen molar-refractivity contribution in [2.24, 2.45) is 0 Å². The summed E-state index contributed by atoms with van der Waals surface area (Å²) in [5, 5.41) is 7.71. The molecule has 0 fully saturated rings. The zero-order valence-electron chi connectivity index (χ0n) is 10.9. The second kappa shape index (κ2) is 6.21. The summed E-state index contributed by atoms with van der Waals surface area (Å²) >= 11 is 11.1. The van der Waals surface area contributed by atoms with Crippen LogP contribution in [0.1, 0.15) is 32.1 Å². The maximum atomic E-state index is 5.83. The minimum absolute atomic E-state index is 0.301. The van der Waals surface area contributed by atoms with Crippen LogP contribution in [0.25, 0.3) is 0 Å². The molecule has 4 nitrogen and oxygen atoms in total. The van der Waals surface area contributed by atoms with Crippen molar-refractivity contribution in [3.63, 3.8) is 0 Å². The molecule has 0 aliphatic rings. The SMILES string of the molecule is CCC(C)n1c(COc2ccc(Cl)cc2)n[nH]c1=S. The number of H-pyrrole nitrogens is 1. The molecule has 0 bridgehead atoms. The molecule has 19 heavy (non-hydrogen) atoms. The van der Waals surface area contributed by atoms with E-state index in [9.17, 15) is 0 Å². The van der Waals surface area contributed by atoms with Gasteiger partial charge in [0.2, 0.25) is 0 Å². The minimum atomic E-state index is 0.301. The number of hydrogen-bond donors (Lipinski definition) is 1. The smallest absolute Gasteiger partial charge is 0.195 e. The lowest BCUT2D eigenvalue weighted by atomic mass is 10.2. The molecule has 0 spiro atoms. The summed E-state index contributed by atoms with van der Waals surface area (Å²) in [4.78, 5) is 0. The first-order chi connectivity index (χ1) is 9.11. The molecule has 0 amide bonds. The van der Waals surface area contributed by atoms with Crippen LogP contribution in [0.15, 0.2) is 24.3 Å². The van der Waals surface area contributed by atoms with Gasteiger partial charge in [-0.25, -0.2) is 0 Å². The predicted octanol–water partition coefficient (Wildman–Crippen LogP) is 4.14. The first-order valence-corrected chi connectivity index (χ1v) is 6.94. The van der Waals surface area contributed by atoms with Crippen LogP contribution in [0.5, 0.6) is 5.75 Å². The molecule has 1 aromatic heterocycles. The second-order valence-corrected chi connectivity index (χ2v) is 5.14. The lowest BCUT2D eigenvalue weighted by Crippen LogP contribution is -2.11. The summed E-state index contributed by atoms with van der Waals surface area (Å²) in [5.41, 5.74) is 0. The molecular weight excluding hydrogens is 282 g/mol. The summed E-state index contributed by atoms with van der Waals surface area (Å²) in [7, 11) is 0. The Kier molecular flexibility index (Phi) is 4.61. The van der Waals surface area contributed by atoms with Crippen molar-refractivity contribution < 1.29 is 4.74 Å². The number of nitrogens with one attached hydrogen (secondary N) is 1.